The summed E-state index contributed by atoms with van der Waals surface area (Å²) in [5.74, 6) is -0.117. The SMILES string of the molecule is O=C(Nc1ccc2c(c1)oc1ccccc12)c1cc(I)ccc1I. The third-order valence-electron chi connectivity index (χ3n) is 3.81. The number of fused-ring (bicyclic) bond motifs is 3. The second-order valence-electron chi connectivity index (χ2n) is 5.39. The average Bonchev–Trinajstić information content (AvgIpc) is 2.94. The van der Waals surface area contributed by atoms with Crippen molar-refractivity contribution < 1.29 is 9.21 Å². The molecule has 0 saturated carbocycles. The Kier molecular flexibility index (Phi) is 4.21. The van der Waals surface area contributed by atoms with Crippen molar-refractivity contribution in [2.24, 2.45) is 0 Å². The van der Waals surface area contributed by atoms with Crippen LogP contribution >= 0.6 is 45.2 Å². The highest BCUT2D eigenvalue weighted by atomic mass is 127. The summed E-state index contributed by atoms with van der Waals surface area (Å²) in [5, 5.41) is 5.09. The lowest BCUT2D eigenvalue weighted by molar-refractivity contribution is 0.102. The van der Waals surface area contributed by atoms with Gasteiger partial charge in [0.05, 0.1) is 5.56 Å². The van der Waals surface area contributed by atoms with Crippen molar-refractivity contribution in [2.45, 2.75) is 0 Å². The minimum atomic E-state index is -0.117. The molecule has 24 heavy (non-hydrogen) atoms. The Bertz CT molecular complexity index is 1090. The number of amides is 1. The van der Waals surface area contributed by atoms with E-state index in [1.807, 2.05) is 60.7 Å². The molecule has 118 valence electrons. The van der Waals surface area contributed by atoms with Crippen LogP contribution in [0, 0.1) is 7.14 Å². The molecule has 0 unspecified atom stereocenters. The van der Waals surface area contributed by atoms with Crippen molar-refractivity contribution in [3.05, 3.63) is 73.4 Å². The first-order valence-corrected chi connectivity index (χ1v) is 9.45. The van der Waals surface area contributed by atoms with Gasteiger partial charge in [-0.3, -0.25) is 4.79 Å². The molecule has 0 bridgehead atoms. The topological polar surface area (TPSA) is 42.2 Å². The molecule has 1 aromatic heterocycles. The van der Waals surface area contributed by atoms with Gasteiger partial charge in [-0.05, 0) is 81.6 Å². The monoisotopic (exact) mass is 539 g/mol. The second-order valence-corrected chi connectivity index (χ2v) is 7.80. The van der Waals surface area contributed by atoms with Crippen LogP contribution in [0.4, 0.5) is 5.69 Å². The molecule has 4 rings (SSSR count). The highest BCUT2D eigenvalue weighted by Gasteiger charge is 2.12. The number of rotatable bonds is 2. The lowest BCUT2D eigenvalue weighted by Gasteiger charge is -2.07. The number of hydrogen-bond acceptors (Lipinski definition) is 2. The van der Waals surface area contributed by atoms with Crippen LogP contribution in [-0.4, -0.2) is 5.91 Å². The first-order chi connectivity index (χ1) is 11.6. The Hall–Kier alpha value is -1.61. The first kappa shape index (κ1) is 15.9. The van der Waals surface area contributed by atoms with E-state index in [0.717, 1.165) is 34.8 Å². The van der Waals surface area contributed by atoms with E-state index < -0.39 is 0 Å². The smallest absolute Gasteiger partial charge is 0.256 e. The molecule has 0 aliphatic rings. The standard InChI is InChI=1S/C19H11I2NO2/c20-11-5-8-16(21)15(9-11)19(23)22-12-6-7-14-13-3-1-2-4-17(13)24-18(14)10-12/h1-10H,(H,22,23). The van der Waals surface area contributed by atoms with E-state index in [4.69, 9.17) is 4.42 Å². The van der Waals surface area contributed by atoms with E-state index in [1.165, 1.54) is 0 Å². The Morgan fingerprint density at radius 3 is 2.54 bits per heavy atom. The predicted octanol–water partition coefficient (Wildman–Crippen LogP) is 6.05. The van der Waals surface area contributed by atoms with E-state index in [9.17, 15) is 4.79 Å². The van der Waals surface area contributed by atoms with Crippen LogP contribution in [0.3, 0.4) is 0 Å². The molecule has 0 aliphatic carbocycles. The van der Waals surface area contributed by atoms with Crippen molar-refractivity contribution in [1.29, 1.82) is 0 Å². The second kappa shape index (κ2) is 6.36. The van der Waals surface area contributed by atoms with Gasteiger partial charge in [0.25, 0.3) is 5.91 Å². The normalized spacial score (nSPS) is 11.1. The molecular formula is C19H11I2NO2. The maximum Gasteiger partial charge on any atom is 0.256 e. The molecule has 0 fully saturated rings. The molecule has 0 spiro atoms. The van der Waals surface area contributed by atoms with Crippen LogP contribution in [0.2, 0.25) is 0 Å². The predicted molar refractivity (Wildman–Crippen MR) is 114 cm³/mol. The van der Waals surface area contributed by atoms with Gasteiger partial charge in [-0.15, -0.1) is 0 Å². The summed E-state index contributed by atoms with van der Waals surface area (Å²) in [6.07, 6.45) is 0. The van der Waals surface area contributed by atoms with Gasteiger partial charge >= 0.3 is 0 Å². The summed E-state index contributed by atoms with van der Waals surface area (Å²) in [6.45, 7) is 0. The van der Waals surface area contributed by atoms with Crippen molar-refractivity contribution in [1.82, 2.24) is 0 Å². The summed E-state index contributed by atoms with van der Waals surface area (Å²) in [5.41, 5.74) is 3.02. The summed E-state index contributed by atoms with van der Waals surface area (Å²) < 4.78 is 7.83. The van der Waals surface area contributed by atoms with Crippen molar-refractivity contribution >= 4 is 78.7 Å². The van der Waals surface area contributed by atoms with Crippen LogP contribution in [0.15, 0.2) is 65.1 Å². The third kappa shape index (κ3) is 2.90. The molecule has 0 saturated heterocycles. The molecule has 1 N–H and O–H groups in total. The number of anilines is 1. The number of benzene rings is 3. The number of hydrogen-bond donors (Lipinski definition) is 1. The molecular weight excluding hydrogens is 528 g/mol. The lowest BCUT2D eigenvalue weighted by atomic mass is 10.1. The van der Waals surface area contributed by atoms with Crippen LogP contribution in [0.1, 0.15) is 10.4 Å². The quantitative estimate of drug-likeness (QED) is 0.316. The summed E-state index contributed by atoms with van der Waals surface area (Å²) in [4.78, 5) is 12.5. The van der Waals surface area contributed by atoms with Gasteiger partial charge in [0, 0.05) is 29.7 Å². The van der Waals surface area contributed by atoms with E-state index in [-0.39, 0.29) is 5.91 Å². The van der Waals surface area contributed by atoms with Gasteiger partial charge in [0.15, 0.2) is 0 Å². The summed E-state index contributed by atoms with van der Waals surface area (Å²) in [6, 6.07) is 19.5. The lowest BCUT2D eigenvalue weighted by Crippen LogP contribution is -2.13. The number of carbonyl (C=O) groups excluding carboxylic acids is 1. The zero-order valence-corrected chi connectivity index (χ0v) is 16.7. The molecule has 5 heteroatoms. The van der Waals surface area contributed by atoms with Crippen LogP contribution in [-0.2, 0) is 0 Å². The molecule has 0 radical (unpaired) electrons. The van der Waals surface area contributed by atoms with Gasteiger partial charge in [-0.1, -0.05) is 18.2 Å². The molecule has 1 heterocycles. The van der Waals surface area contributed by atoms with E-state index in [0.29, 0.717) is 5.56 Å². The average molecular weight is 539 g/mol. The maximum atomic E-state index is 12.5. The first-order valence-electron chi connectivity index (χ1n) is 7.29. The van der Waals surface area contributed by atoms with Gasteiger partial charge < -0.3 is 9.73 Å². The minimum absolute atomic E-state index is 0.117. The van der Waals surface area contributed by atoms with Crippen LogP contribution < -0.4 is 5.32 Å². The van der Waals surface area contributed by atoms with Crippen LogP contribution in [0.25, 0.3) is 21.9 Å². The van der Waals surface area contributed by atoms with Crippen molar-refractivity contribution in [3.8, 4) is 0 Å². The molecule has 1 amide bonds. The van der Waals surface area contributed by atoms with Gasteiger partial charge in [-0.25, -0.2) is 0 Å². The molecule has 0 atom stereocenters. The summed E-state index contributed by atoms with van der Waals surface area (Å²) >= 11 is 4.38. The molecule has 3 nitrogen and oxygen atoms in total. The molecule has 0 aliphatic heterocycles. The Morgan fingerprint density at radius 2 is 1.67 bits per heavy atom. The van der Waals surface area contributed by atoms with E-state index >= 15 is 0 Å². The minimum Gasteiger partial charge on any atom is -0.456 e. The molecule has 3 aromatic carbocycles. The van der Waals surface area contributed by atoms with E-state index in [1.54, 1.807) is 0 Å². The number of nitrogens with one attached hydrogen (secondary N) is 1. The highest BCUT2D eigenvalue weighted by molar-refractivity contribution is 14.1. The Morgan fingerprint density at radius 1 is 0.875 bits per heavy atom. The highest BCUT2D eigenvalue weighted by Crippen LogP contribution is 2.30. The fourth-order valence-corrected chi connectivity index (χ4v) is 3.75. The number of furan rings is 1. The van der Waals surface area contributed by atoms with Gasteiger partial charge in [0.1, 0.15) is 11.2 Å². The van der Waals surface area contributed by atoms with Crippen molar-refractivity contribution in [2.75, 3.05) is 5.32 Å². The number of carbonyl (C=O) groups is 1. The largest absolute Gasteiger partial charge is 0.456 e. The maximum absolute atomic E-state index is 12.5. The van der Waals surface area contributed by atoms with E-state index in [2.05, 4.69) is 50.5 Å². The number of para-hydroxylation sites is 1. The Labute approximate surface area is 165 Å². The number of halogens is 2. The molecule has 4 aromatic rings. The van der Waals surface area contributed by atoms with Gasteiger partial charge in [-0.2, -0.15) is 0 Å². The third-order valence-corrected chi connectivity index (χ3v) is 5.42. The fraction of sp³-hybridized carbons (Fsp3) is 0. The fourth-order valence-electron chi connectivity index (χ4n) is 2.67. The summed E-state index contributed by atoms with van der Waals surface area (Å²) in [7, 11) is 0. The van der Waals surface area contributed by atoms with Crippen molar-refractivity contribution in [3.63, 3.8) is 0 Å². The zero-order valence-electron chi connectivity index (χ0n) is 12.3. The Balaban J connectivity index is 1.70. The zero-order chi connectivity index (χ0) is 16.7. The van der Waals surface area contributed by atoms with Gasteiger partial charge in [0.2, 0.25) is 0 Å². The van der Waals surface area contributed by atoms with Crippen LogP contribution in [0.5, 0.6) is 0 Å².